The fourth-order valence-corrected chi connectivity index (χ4v) is 1.89. The van der Waals surface area contributed by atoms with Gasteiger partial charge in [-0.3, -0.25) is 0 Å². The van der Waals surface area contributed by atoms with E-state index < -0.39 is 0 Å². The Balaban J connectivity index is 2.07. The maximum Gasteiger partial charge on any atom is 0.0204 e. The summed E-state index contributed by atoms with van der Waals surface area (Å²) in [6.07, 6.45) is 9.01. The van der Waals surface area contributed by atoms with Gasteiger partial charge in [0.05, 0.1) is 0 Å². The zero-order valence-electron chi connectivity index (χ0n) is 10.1. The first-order chi connectivity index (χ1) is 7.24. The molecule has 1 aliphatic carbocycles. The number of nitrogens with one attached hydrogen (secondary N) is 1. The van der Waals surface area contributed by atoms with Crippen LogP contribution in [0.2, 0.25) is 0 Å². The fourth-order valence-electron chi connectivity index (χ4n) is 1.89. The summed E-state index contributed by atoms with van der Waals surface area (Å²) >= 11 is 0. The molecule has 3 N–H and O–H groups in total. The molecule has 0 saturated carbocycles. The zero-order valence-corrected chi connectivity index (χ0v) is 10.1. The summed E-state index contributed by atoms with van der Waals surface area (Å²) in [5.74, 6) is 0. The van der Waals surface area contributed by atoms with E-state index in [1.54, 1.807) is 0 Å². The van der Waals surface area contributed by atoms with Crippen LogP contribution in [0.4, 0.5) is 0 Å². The van der Waals surface area contributed by atoms with Gasteiger partial charge in [-0.1, -0.05) is 31.1 Å². The lowest BCUT2D eigenvalue weighted by atomic mass is 10.1. The van der Waals surface area contributed by atoms with Crippen LogP contribution in [0.3, 0.4) is 0 Å². The molecule has 0 aliphatic heterocycles. The maximum atomic E-state index is 5.94. The Bertz CT molecular complexity index is 241. The minimum atomic E-state index is 0.372. The molecule has 15 heavy (non-hydrogen) atoms. The predicted octanol–water partition coefficient (Wildman–Crippen LogP) is 2.37. The molecule has 1 aliphatic rings. The predicted molar refractivity (Wildman–Crippen MR) is 66.8 cm³/mol. The van der Waals surface area contributed by atoms with E-state index in [-0.39, 0.29) is 0 Å². The second kappa shape index (κ2) is 6.81. The first-order valence-corrected chi connectivity index (χ1v) is 6.05. The summed E-state index contributed by atoms with van der Waals surface area (Å²) in [5, 5.41) is 3.46. The van der Waals surface area contributed by atoms with E-state index >= 15 is 0 Å². The molecule has 0 bridgehead atoms. The van der Waals surface area contributed by atoms with Crippen molar-refractivity contribution in [2.45, 2.75) is 45.6 Å². The van der Waals surface area contributed by atoms with E-state index in [4.69, 9.17) is 5.73 Å². The number of hydrogen-bond donors (Lipinski definition) is 2. The summed E-state index contributed by atoms with van der Waals surface area (Å²) in [6.45, 7) is 6.43. The molecular formula is C13H24N2. The number of hydrogen-bond acceptors (Lipinski definition) is 2. The standard InChI is InChI=1S/C13H24N2/c1-3-5-13(14)8-9-15-10-12-7-4-6-11(12)2/h4,7,13,15H,3,5-6,8-10,14H2,1-2H3. The average molecular weight is 208 g/mol. The third kappa shape index (κ3) is 4.63. The Labute approximate surface area is 93.6 Å². The molecule has 0 aromatic carbocycles. The van der Waals surface area contributed by atoms with E-state index in [2.05, 4.69) is 31.3 Å². The smallest absolute Gasteiger partial charge is 0.0204 e. The lowest BCUT2D eigenvalue weighted by Gasteiger charge is -2.11. The van der Waals surface area contributed by atoms with Crippen molar-refractivity contribution in [3.8, 4) is 0 Å². The minimum Gasteiger partial charge on any atom is -0.328 e. The van der Waals surface area contributed by atoms with Gasteiger partial charge < -0.3 is 11.1 Å². The molecule has 0 radical (unpaired) electrons. The lowest BCUT2D eigenvalue weighted by Crippen LogP contribution is -2.27. The first kappa shape index (κ1) is 12.5. The molecule has 0 heterocycles. The molecule has 1 atom stereocenters. The quantitative estimate of drug-likeness (QED) is 0.630. The first-order valence-electron chi connectivity index (χ1n) is 6.05. The molecule has 1 rings (SSSR count). The monoisotopic (exact) mass is 208 g/mol. The van der Waals surface area contributed by atoms with Crippen LogP contribution in [0, 0.1) is 0 Å². The van der Waals surface area contributed by atoms with Crippen molar-refractivity contribution >= 4 is 0 Å². The lowest BCUT2D eigenvalue weighted by molar-refractivity contribution is 0.536. The van der Waals surface area contributed by atoms with Gasteiger partial charge in [0.25, 0.3) is 0 Å². The van der Waals surface area contributed by atoms with Gasteiger partial charge in [0.1, 0.15) is 0 Å². The van der Waals surface area contributed by atoms with Gasteiger partial charge in [-0.05, 0) is 38.3 Å². The summed E-state index contributed by atoms with van der Waals surface area (Å²) in [5.41, 5.74) is 8.90. The van der Waals surface area contributed by atoms with Crippen LogP contribution in [-0.4, -0.2) is 19.1 Å². The highest BCUT2D eigenvalue weighted by Crippen LogP contribution is 2.16. The van der Waals surface area contributed by atoms with Gasteiger partial charge >= 0.3 is 0 Å². The normalized spacial score (nSPS) is 17.5. The number of allylic oxidation sites excluding steroid dienone is 2. The fraction of sp³-hybridized carbons (Fsp3) is 0.692. The molecule has 86 valence electrons. The summed E-state index contributed by atoms with van der Waals surface area (Å²) in [4.78, 5) is 0. The molecule has 0 amide bonds. The molecular weight excluding hydrogens is 184 g/mol. The minimum absolute atomic E-state index is 0.372. The van der Waals surface area contributed by atoms with E-state index in [0.29, 0.717) is 6.04 Å². The SMILES string of the molecule is CCCC(N)CCNCC1=C(C)CC=C1. The molecule has 0 fully saturated rings. The van der Waals surface area contributed by atoms with Crippen molar-refractivity contribution in [1.29, 1.82) is 0 Å². The van der Waals surface area contributed by atoms with Crippen molar-refractivity contribution in [2.75, 3.05) is 13.1 Å². The third-order valence-corrected chi connectivity index (χ3v) is 2.96. The van der Waals surface area contributed by atoms with E-state index in [1.165, 1.54) is 17.6 Å². The van der Waals surface area contributed by atoms with E-state index in [9.17, 15) is 0 Å². The van der Waals surface area contributed by atoms with E-state index in [1.807, 2.05) is 0 Å². The van der Waals surface area contributed by atoms with Crippen LogP contribution in [0.1, 0.15) is 39.5 Å². The summed E-state index contributed by atoms with van der Waals surface area (Å²) in [6, 6.07) is 0.372. The highest BCUT2D eigenvalue weighted by atomic mass is 14.9. The Morgan fingerprint density at radius 1 is 1.47 bits per heavy atom. The van der Waals surface area contributed by atoms with E-state index in [0.717, 1.165) is 32.4 Å². The van der Waals surface area contributed by atoms with Crippen LogP contribution in [-0.2, 0) is 0 Å². The summed E-state index contributed by atoms with van der Waals surface area (Å²) < 4.78 is 0. The number of nitrogens with two attached hydrogens (primary N) is 1. The number of rotatable bonds is 7. The third-order valence-electron chi connectivity index (χ3n) is 2.96. The van der Waals surface area contributed by atoms with Crippen LogP contribution in [0.5, 0.6) is 0 Å². The van der Waals surface area contributed by atoms with Crippen LogP contribution < -0.4 is 11.1 Å². The molecule has 2 nitrogen and oxygen atoms in total. The van der Waals surface area contributed by atoms with Crippen molar-refractivity contribution in [3.63, 3.8) is 0 Å². The van der Waals surface area contributed by atoms with Crippen molar-refractivity contribution < 1.29 is 0 Å². The highest BCUT2D eigenvalue weighted by molar-refractivity contribution is 5.33. The molecule has 0 spiro atoms. The van der Waals surface area contributed by atoms with Crippen molar-refractivity contribution in [1.82, 2.24) is 5.32 Å². The zero-order chi connectivity index (χ0) is 11.1. The van der Waals surface area contributed by atoms with Crippen molar-refractivity contribution in [2.24, 2.45) is 5.73 Å². The highest BCUT2D eigenvalue weighted by Gasteiger charge is 2.04. The Hall–Kier alpha value is -0.600. The van der Waals surface area contributed by atoms with Crippen LogP contribution in [0.25, 0.3) is 0 Å². The van der Waals surface area contributed by atoms with Gasteiger partial charge in [-0.25, -0.2) is 0 Å². The summed E-state index contributed by atoms with van der Waals surface area (Å²) in [7, 11) is 0. The molecule has 0 aromatic rings. The van der Waals surface area contributed by atoms with Gasteiger partial charge in [-0.15, -0.1) is 0 Å². The second-order valence-corrected chi connectivity index (χ2v) is 4.43. The Morgan fingerprint density at radius 3 is 2.87 bits per heavy atom. The molecule has 0 saturated heterocycles. The second-order valence-electron chi connectivity index (χ2n) is 4.43. The largest absolute Gasteiger partial charge is 0.328 e. The van der Waals surface area contributed by atoms with Gasteiger partial charge in [0, 0.05) is 12.6 Å². The Morgan fingerprint density at radius 2 is 2.27 bits per heavy atom. The molecule has 0 aromatic heterocycles. The van der Waals surface area contributed by atoms with Crippen LogP contribution in [0.15, 0.2) is 23.3 Å². The average Bonchev–Trinajstić information content (AvgIpc) is 2.60. The maximum absolute atomic E-state index is 5.94. The van der Waals surface area contributed by atoms with Gasteiger partial charge in [-0.2, -0.15) is 0 Å². The van der Waals surface area contributed by atoms with Crippen LogP contribution >= 0.6 is 0 Å². The Kier molecular flexibility index (Phi) is 5.66. The van der Waals surface area contributed by atoms with Gasteiger partial charge in [0.2, 0.25) is 0 Å². The van der Waals surface area contributed by atoms with Gasteiger partial charge in [0.15, 0.2) is 0 Å². The molecule has 2 heteroatoms. The van der Waals surface area contributed by atoms with Crippen molar-refractivity contribution in [3.05, 3.63) is 23.3 Å². The molecule has 1 unspecified atom stereocenters. The topological polar surface area (TPSA) is 38.0 Å².